The molecular weight excluding hydrogens is 386 g/mol. The van der Waals surface area contributed by atoms with Gasteiger partial charge in [0, 0.05) is 10.7 Å². The van der Waals surface area contributed by atoms with Gasteiger partial charge < -0.3 is 0 Å². The zero-order valence-electron chi connectivity index (χ0n) is 13.3. The molecule has 0 saturated carbocycles. The van der Waals surface area contributed by atoms with Gasteiger partial charge in [-0.05, 0) is 43.3 Å². The molecule has 2 aromatic rings. The smallest absolute Gasteiger partial charge is 0.276 e. The molecule has 3 rings (SSSR count). The largest absolute Gasteiger partial charge is 0.335 e. The van der Waals surface area contributed by atoms with Crippen LogP contribution in [0, 0.1) is 12.8 Å². The third-order valence-corrected chi connectivity index (χ3v) is 4.22. The molecule has 25 heavy (non-hydrogen) atoms. The molecule has 0 radical (unpaired) electrons. The lowest BCUT2D eigenvalue weighted by atomic mass is 10.1. The molecule has 0 unspecified atom stereocenters. The van der Waals surface area contributed by atoms with Crippen LogP contribution in [0.1, 0.15) is 5.56 Å². The van der Waals surface area contributed by atoms with E-state index in [1.165, 1.54) is 6.21 Å². The van der Waals surface area contributed by atoms with Crippen LogP contribution in [0.2, 0.25) is 0 Å². The Bertz CT molecular complexity index is 860. The fourth-order valence-corrected chi connectivity index (χ4v) is 2.61. The summed E-state index contributed by atoms with van der Waals surface area (Å²) in [7, 11) is 0. The van der Waals surface area contributed by atoms with Crippen molar-refractivity contribution in [2.24, 2.45) is 10.9 Å². The normalized spacial score (nSPS) is 17.9. The number of hydrogen-bond donors (Lipinski definition) is 1. The van der Waals surface area contributed by atoms with E-state index in [1.54, 1.807) is 48.5 Å². The molecule has 4 amide bonds. The Morgan fingerprint density at radius 3 is 2.32 bits per heavy atom. The van der Waals surface area contributed by atoms with Gasteiger partial charge in [0.15, 0.2) is 5.92 Å². The van der Waals surface area contributed by atoms with Gasteiger partial charge in [-0.1, -0.05) is 33.6 Å². The minimum atomic E-state index is -1.16. The first-order valence-electron chi connectivity index (χ1n) is 7.51. The van der Waals surface area contributed by atoms with Crippen LogP contribution in [0.5, 0.6) is 0 Å². The number of barbiturate groups is 1. The van der Waals surface area contributed by atoms with Crippen molar-refractivity contribution >= 4 is 51.4 Å². The summed E-state index contributed by atoms with van der Waals surface area (Å²) in [5, 5.41) is 2.20. The van der Waals surface area contributed by atoms with E-state index >= 15 is 0 Å². The lowest BCUT2D eigenvalue weighted by Crippen LogP contribution is -2.58. The zero-order chi connectivity index (χ0) is 18.0. The van der Waals surface area contributed by atoms with E-state index in [2.05, 4.69) is 26.2 Å². The number of hydrogen-bond acceptors (Lipinski definition) is 4. The van der Waals surface area contributed by atoms with Crippen LogP contribution >= 0.6 is 15.9 Å². The molecule has 1 atom stereocenters. The van der Waals surface area contributed by atoms with E-state index in [9.17, 15) is 14.4 Å². The van der Waals surface area contributed by atoms with E-state index in [0.717, 1.165) is 14.9 Å². The van der Waals surface area contributed by atoms with Gasteiger partial charge in [-0.3, -0.25) is 19.9 Å². The Hall–Kier alpha value is -2.80. The predicted molar refractivity (Wildman–Crippen MR) is 98.0 cm³/mol. The molecule has 1 saturated heterocycles. The van der Waals surface area contributed by atoms with Crippen LogP contribution in [0.4, 0.5) is 16.2 Å². The fourth-order valence-electron chi connectivity index (χ4n) is 2.35. The van der Waals surface area contributed by atoms with Crippen LogP contribution in [0.3, 0.4) is 0 Å². The Kier molecular flexibility index (Phi) is 4.76. The summed E-state index contributed by atoms with van der Waals surface area (Å²) >= 11 is 3.32. The maximum Gasteiger partial charge on any atom is 0.335 e. The molecule has 1 fully saturated rings. The first kappa shape index (κ1) is 17.0. The SMILES string of the molecule is Cc1ccc(N2C(=O)NC(=O)[C@H](C=Nc3ccc(Br)cc3)C2=O)cc1. The zero-order valence-corrected chi connectivity index (χ0v) is 14.9. The van der Waals surface area contributed by atoms with Crippen LogP contribution < -0.4 is 10.2 Å². The van der Waals surface area contributed by atoms with E-state index in [0.29, 0.717) is 11.4 Å². The van der Waals surface area contributed by atoms with Crippen molar-refractivity contribution in [1.82, 2.24) is 5.32 Å². The monoisotopic (exact) mass is 399 g/mol. The van der Waals surface area contributed by atoms with E-state index in [-0.39, 0.29) is 0 Å². The molecule has 6 nitrogen and oxygen atoms in total. The second-order valence-corrected chi connectivity index (χ2v) is 6.45. The third kappa shape index (κ3) is 3.66. The number of aliphatic imine (C=N–C) groups is 1. The van der Waals surface area contributed by atoms with Crippen molar-refractivity contribution in [3.63, 3.8) is 0 Å². The highest BCUT2D eigenvalue weighted by atomic mass is 79.9. The quantitative estimate of drug-likeness (QED) is 0.634. The minimum Gasteiger partial charge on any atom is -0.276 e. The first-order chi connectivity index (χ1) is 12.0. The average molecular weight is 400 g/mol. The maximum absolute atomic E-state index is 12.7. The van der Waals surface area contributed by atoms with Crippen LogP contribution in [-0.2, 0) is 9.59 Å². The number of amides is 4. The van der Waals surface area contributed by atoms with Crippen LogP contribution in [0.25, 0.3) is 0 Å². The highest BCUT2D eigenvalue weighted by Gasteiger charge is 2.40. The van der Waals surface area contributed by atoms with Gasteiger partial charge in [-0.2, -0.15) is 0 Å². The molecule has 0 bridgehead atoms. The van der Waals surface area contributed by atoms with Gasteiger partial charge in [-0.15, -0.1) is 0 Å². The van der Waals surface area contributed by atoms with Crippen molar-refractivity contribution < 1.29 is 14.4 Å². The summed E-state index contributed by atoms with van der Waals surface area (Å²) in [6.07, 6.45) is 1.26. The maximum atomic E-state index is 12.7. The lowest BCUT2D eigenvalue weighted by Gasteiger charge is -2.28. The highest BCUT2D eigenvalue weighted by molar-refractivity contribution is 9.10. The predicted octanol–water partition coefficient (Wildman–Crippen LogP) is 3.36. The van der Waals surface area contributed by atoms with Crippen molar-refractivity contribution in [1.29, 1.82) is 0 Å². The first-order valence-corrected chi connectivity index (χ1v) is 8.30. The molecule has 1 N–H and O–H groups in total. The van der Waals surface area contributed by atoms with Gasteiger partial charge in [-0.25, -0.2) is 9.69 Å². The summed E-state index contributed by atoms with van der Waals surface area (Å²) in [6, 6.07) is 13.2. The average Bonchev–Trinajstić information content (AvgIpc) is 2.57. The number of urea groups is 1. The van der Waals surface area contributed by atoms with Crippen molar-refractivity contribution in [2.75, 3.05) is 4.90 Å². The number of carbonyl (C=O) groups excluding carboxylic acids is 3. The second kappa shape index (κ2) is 6.98. The van der Waals surface area contributed by atoms with Crippen molar-refractivity contribution in [2.45, 2.75) is 6.92 Å². The van der Waals surface area contributed by atoms with Gasteiger partial charge in [0.05, 0.1) is 11.4 Å². The number of nitrogens with one attached hydrogen (secondary N) is 1. The highest BCUT2D eigenvalue weighted by Crippen LogP contribution is 2.22. The minimum absolute atomic E-state index is 0.405. The summed E-state index contributed by atoms with van der Waals surface area (Å²) in [5.41, 5.74) is 2.00. The van der Waals surface area contributed by atoms with E-state index in [1.807, 2.05) is 6.92 Å². The van der Waals surface area contributed by atoms with Gasteiger partial charge in [0.1, 0.15) is 0 Å². The number of rotatable bonds is 3. The van der Waals surface area contributed by atoms with Crippen LogP contribution in [0.15, 0.2) is 58.0 Å². The van der Waals surface area contributed by atoms with E-state index < -0.39 is 23.8 Å². The van der Waals surface area contributed by atoms with Crippen molar-refractivity contribution in [3.8, 4) is 0 Å². The Morgan fingerprint density at radius 1 is 1.04 bits per heavy atom. The molecule has 1 aliphatic heterocycles. The Balaban J connectivity index is 1.87. The standard InChI is InChI=1S/C18H14BrN3O3/c1-11-2-8-14(9-3-11)22-17(24)15(16(23)21-18(22)25)10-20-13-6-4-12(19)5-7-13/h2-10,15H,1H3,(H,21,23,25)/t15-/m0/s1. The number of imide groups is 2. The third-order valence-electron chi connectivity index (χ3n) is 3.69. The molecule has 0 aliphatic carbocycles. The Morgan fingerprint density at radius 2 is 1.68 bits per heavy atom. The van der Waals surface area contributed by atoms with Crippen LogP contribution in [-0.4, -0.2) is 24.1 Å². The van der Waals surface area contributed by atoms with Gasteiger partial charge in [0.2, 0.25) is 5.91 Å². The second-order valence-electron chi connectivity index (χ2n) is 5.54. The summed E-state index contributed by atoms with van der Waals surface area (Å²) in [5.74, 6) is -2.47. The summed E-state index contributed by atoms with van der Waals surface area (Å²) in [4.78, 5) is 41.9. The number of benzene rings is 2. The molecule has 7 heteroatoms. The topological polar surface area (TPSA) is 78.8 Å². The molecule has 2 aromatic carbocycles. The lowest BCUT2D eigenvalue weighted by molar-refractivity contribution is -0.131. The number of nitrogens with zero attached hydrogens (tertiary/aromatic N) is 2. The number of aryl methyl sites for hydroxylation is 1. The molecule has 1 aliphatic rings. The van der Waals surface area contributed by atoms with E-state index in [4.69, 9.17) is 0 Å². The molecule has 0 aromatic heterocycles. The molecule has 1 heterocycles. The molecular formula is C18H14BrN3O3. The van der Waals surface area contributed by atoms with Crippen molar-refractivity contribution in [3.05, 3.63) is 58.6 Å². The number of carbonyl (C=O) groups is 3. The Labute approximate surface area is 152 Å². The summed E-state index contributed by atoms with van der Waals surface area (Å²) in [6.45, 7) is 1.90. The van der Waals surface area contributed by atoms with Gasteiger partial charge >= 0.3 is 6.03 Å². The summed E-state index contributed by atoms with van der Waals surface area (Å²) < 4.78 is 0.897. The van der Waals surface area contributed by atoms with Gasteiger partial charge in [0.25, 0.3) is 5.91 Å². The number of anilines is 1. The molecule has 0 spiro atoms. The number of halogens is 1. The fraction of sp³-hybridized carbons (Fsp3) is 0.111. The molecule has 126 valence electrons.